The molecule has 3 N–H and O–H groups in total. The number of aliphatic hydroxyl groups is 1. The maximum Gasteiger partial charge on any atom is 0.251 e. The molecule has 1 aliphatic heterocycles. The predicted molar refractivity (Wildman–Crippen MR) is 152 cm³/mol. The number of anilines is 1. The highest BCUT2D eigenvalue weighted by Gasteiger charge is 2.27. The van der Waals surface area contributed by atoms with Gasteiger partial charge in [-0.1, -0.05) is 13.3 Å². The number of carbonyl (C=O) groups is 1. The van der Waals surface area contributed by atoms with Crippen LogP contribution in [0.25, 0.3) is 11.5 Å². The predicted octanol–water partition coefficient (Wildman–Crippen LogP) is 5.23. The molecule has 0 aliphatic carbocycles. The van der Waals surface area contributed by atoms with Crippen molar-refractivity contribution in [3.8, 4) is 11.5 Å². The summed E-state index contributed by atoms with van der Waals surface area (Å²) in [5.41, 5.74) is 4.42. The number of halogens is 2. The summed E-state index contributed by atoms with van der Waals surface area (Å²) in [4.78, 5) is 20.4. The molecule has 41 heavy (non-hydrogen) atoms. The fraction of sp³-hybridized carbons (Fsp3) is 0.387. The van der Waals surface area contributed by atoms with Gasteiger partial charge in [0.05, 0.1) is 18.3 Å². The topological polar surface area (TPSA) is 107 Å². The maximum absolute atomic E-state index is 14.0. The van der Waals surface area contributed by atoms with E-state index >= 15 is 0 Å². The number of H-pyrrole nitrogens is 1. The molecule has 0 spiro atoms. The fourth-order valence-corrected chi connectivity index (χ4v) is 5.47. The van der Waals surface area contributed by atoms with Gasteiger partial charge in [-0.05, 0) is 80.0 Å². The van der Waals surface area contributed by atoms with Crippen LogP contribution in [0.15, 0.2) is 59.5 Å². The van der Waals surface area contributed by atoms with Gasteiger partial charge in [0.25, 0.3) is 5.91 Å². The number of fused-ring (bicyclic) bond motifs is 1. The van der Waals surface area contributed by atoms with Crippen molar-refractivity contribution in [2.24, 2.45) is 0 Å². The van der Waals surface area contributed by atoms with E-state index in [9.17, 15) is 18.7 Å². The molecule has 0 saturated carbocycles. The monoisotopic (exact) mass is 563 g/mol. The molecule has 1 amide bonds. The van der Waals surface area contributed by atoms with Crippen LogP contribution in [0, 0.1) is 11.6 Å². The van der Waals surface area contributed by atoms with Gasteiger partial charge in [0, 0.05) is 47.9 Å². The Bertz CT molecular complexity index is 1420. The van der Waals surface area contributed by atoms with E-state index < -0.39 is 29.7 Å². The highest BCUT2D eigenvalue weighted by Crippen LogP contribution is 2.36. The van der Waals surface area contributed by atoms with E-state index in [2.05, 4.69) is 32.3 Å². The Morgan fingerprint density at radius 2 is 2.02 bits per heavy atom. The number of nitrogens with one attached hydrogen (secondary N) is 2. The number of aromatic nitrogens is 3. The lowest BCUT2D eigenvalue weighted by molar-refractivity contribution is 0.0814. The average Bonchev–Trinajstić information content (AvgIpc) is 3.68. The zero-order chi connectivity index (χ0) is 28.8. The quantitative estimate of drug-likeness (QED) is 0.218. The van der Waals surface area contributed by atoms with Gasteiger partial charge in [-0.15, -0.1) is 0 Å². The van der Waals surface area contributed by atoms with E-state index in [0.717, 1.165) is 67.3 Å². The van der Waals surface area contributed by atoms with Crippen LogP contribution in [0.5, 0.6) is 0 Å². The number of hydrogen-bond donors (Lipinski definition) is 3. The van der Waals surface area contributed by atoms with Crippen molar-refractivity contribution >= 4 is 11.6 Å². The first-order valence-electron chi connectivity index (χ1n) is 14.1. The Hall–Kier alpha value is -4.05. The molecular formula is C31H35F2N5O3. The van der Waals surface area contributed by atoms with Gasteiger partial charge >= 0.3 is 0 Å². The van der Waals surface area contributed by atoms with Crippen molar-refractivity contribution in [2.45, 2.75) is 64.0 Å². The second-order valence-electron chi connectivity index (χ2n) is 10.6. The highest BCUT2D eigenvalue weighted by molar-refractivity contribution is 5.97. The smallest absolute Gasteiger partial charge is 0.251 e. The van der Waals surface area contributed by atoms with Gasteiger partial charge in [0.2, 0.25) is 5.89 Å². The molecule has 0 saturated heterocycles. The van der Waals surface area contributed by atoms with Crippen molar-refractivity contribution in [3.63, 3.8) is 0 Å². The Balaban J connectivity index is 1.45. The number of oxazole rings is 1. The summed E-state index contributed by atoms with van der Waals surface area (Å²) in [7, 11) is 0. The summed E-state index contributed by atoms with van der Waals surface area (Å²) in [5, 5.41) is 20.9. The summed E-state index contributed by atoms with van der Waals surface area (Å²) >= 11 is 0. The average molecular weight is 564 g/mol. The minimum atomic E-state index is -0.988. The first kappa shape index (κ1) is 28.5. The number of aromatic amines is 1. The van der Waals surface area contributed by atoms with Crippen molar-refractivity contribution in [1.82, 2.24) is 20.5 Å². The lowest BCUT2D eigenvalue weighted by Crippen LogP contribution is -2.45. The summed E-state index contributed by atoms with van der Waals surface area (Å²) in [5.74, 6) is -1.38. The van der Waals surface area contributed by atoms with E-state index in [4.69, 9.17) is 4.42 Å². The molecule has 10 heteroatoms. The van der Waals surface area contributed by atoms with E-state index in [1.807, 2.05) is 12.1 Å². The molecule has 3 heterocycles. The molecule has 4 aromatic rings. The number of amides is 1. The van der Waals surface area contributed by atoms with E-state index in [1.165, 1.54) is 18.4 Å². The lowest BCUT2D eigenvalue weighted by atomic mass is 9.92. The van der Waals surface area contributed by atoms with Gasteiger partial charge in [-0.2, -0.15) is 5.10 Å². The normalized spacial score (nSPS) is 14.5. The van der Waals surface area contributed by atoms with Crippen LogP contribution < -0.4 is 10.2 Å². The molecule has 2 atom stereocenters. The van der Waals surface area contributed by atoms with Crippen molar-refractivity contribution in [3.05, 3.63) is 89.1 Å². The number of aryl methyl sites for hydroxylation is 1. The third-order valence-corrected chi connectivity index (χ3v) is 7.56. The first-order valence-corrected chi connectivity index (χ1v) is 14.1. The van der Waals surface area contributed by atoms with Crippen LogP contribution in [0.2, 0.25) is 0 Å². The SMILES string of the molecule is CCCCN1CCCc2c(-c3ncco3)cc(C(=O)NC(Cc3cc(F)cc(F)c3)C(O)CCc3ccn[nH]3)cc21. The second-order valence-corrected chi connectivity index (χ2v) is 10.6. The molecule has 2 aromatic carbocycles. The number of nitrogens with zero attached hydrogens (tertiary/aromatic N) is 3. The number of rotatable bonds is 12. The van der Waals surface area contributed by atoms with Crippen LogP contribution in [0.1, 0.15) is 59.8 Å². The van der Waals surface area contributed by atoms with E-state index in [0.29, 0.717) is 29.9 Å². The molecule has 2 unspecified atom stereocenters. The summed E-state index contributed by atoms with van der Waals surface area (Å²) in [6.45, 7) is 3.91. The number of aliphatic hydroxyl groups excluding tert-OH is 1. The summed E-state index contributed by atoms with van der Waals surface area (Å²) in [6, 6.07) is 7.91. The van der Waals surface area contributed by atoms with Crippen molar-refractivity contribution in [2.75, 3.05) is 18.0 Å². The van der Waals surface area contributed by atoms with E-state index in [1.54, 1.807) is 18.5 Å². The lowest BCUT2D eigenvalue weighted by Gasteiger charge is -2.33. The Labute approximate surface area is 237 Å². The van der Waals surface area contributed by atoms with Crippen molar-refractivity contribution in [1.29, 1.82) is 0 Å². The minimum absolute atomic E-state index is 0.0464. The van der Waals surface area contributed by atoms with Crippen LogP contribution in [-0.4, -0.2) is 51.4 Å². The molecule has 8 nitrogen and oxygen atoms in total. The third-order valence-electron chi connectivity index (χ3n) is 7.56. The molecule has 5 rings (SSSR count). The standard InChI is InChI=1S/C31H35F2N5O3/c1-2-3-11-38-12-4-5-25-26(31-34-10-13-41-31)17-21(18-28(25)38)30(40)36-27(16-20-14-22(32)19-23(33)15-20)29(39)7-6-24-8-9-35-37-24/h8-10,13-15,17-19,27,29,39H,2-7,11-12,16H2,1H3,(H,35,37)(H,36,40). The van der Waals surface area contributed by atoms with Crippen molar-refractivity contribution < 1.29 is 23.1 Å². The molecule has 2 aromatic heterocycles. The first-order chi connectivity index (χ1) is 19.9. The minimum Gasteiger partial charge on any atom is -0.445 e. The van der Waals surface area contributed by atoms with Crippen LogP contribution in [0.3, 0.4) is 0 Å². The number of hydrogen-bond acceptors (Lipinski definition) is 6. The summed E-state index contributed by atoms with van der Waals surface area (Å²) in [6.07, 6.45) is 8.49. The zero-order valence-electron chi connectivity index (χ0n) is 23.1. The van der Waals surface area contributed by atoms with Crippen LogP contribution >= 0.6 is 0 Å². The Morgan fingerprint density at radius 1 is 1.20 bits per heavy atom. The van der Waals surface area contributed by atoms with Gasteiger partial charge in [0.1, 0.15) is 17.9 Å². The maximum atomic E-state index is 14.0. The number of benzene rings is 2. The van der Waals surface area contributed by atoms with Crippen LogP contribution in [-0.2, 0) is 19.3 Å². The Kier molecular flexibility index (Phi) is 9.08. The summed E-state index contributed by atoms with van der Waals surface area (Å²) < 4.78 is 33.6. The fourth-order valence-electron chi connectivity index (χ4n) is 5.47. The van der Waals surface area contributed by atoms with Crippen LogP contribution in [0.4, 0.5) is 14.5 Å². The third kappa shape index (κ3) is 7.00. The van der Waals surface area contributed by atoms with E-state index in [-0.39, 0.29) is 6.42 Å². The van der Waals surface area contributed by atoms with Gasteiger partial charge in [-0.25, -0.2) is 13.8 Å². The molecule has 0 radical (unpaired) electrons. The Morgan fingerprint density at radius 3 is 2.73 bits per heavy atom. The second kappa shape index (κ2) is 13.1. The van der Waals surface area contributed by atoms with Gasteiger partial charge in [-0.3, -0.25) is 9.89 Å². The molecule has 0 fully saturated rings. The zero-order valence-corrected chi connectivity index (χ0v) is 23.1. The van der Waals surface area contributed by atoms with Gasteiger partial charge in [0.15, 0.2) is 0 Å². The molecule has 0 bridgehead atoms. The number of carbonyl (C=O) groups excluding carboxylic acids is 1. The number of unbranched alkanes of at least 4 members (excludes halogenated alkanes) is 1. The molecule has 1 aliphatic rings. The highest BCUT2D eigenvalue weighted by atomic mass is 19.1. The molecular weight excluding hydrogens is 528 g/mol. The largest absolute Gasteiger partial charge is 0.445 e. The van der Waals surface area contributed by atoms with Gasteiger partial charge < -0.3 is 19.7 Å². The molecule has 216 valence electrons.